The molecule has 0 aliphatic carbocycles. The van der Waals surface area contributed by atoms with Crippen molar-refractivity contribution in [3.63, 3.8) is 0 Å². The smallest absolute Gasteiger partial charge is 0.0931 e. The summed E-state index contributed by atoms with van der Waals surface area (Å²) in [6, 6.07) is 16.7. The Kier molecular flexibility index (Phi) is 3.93. The minimum Gasteiger partial charge on any atom is -0.249 e. The van der Waals surface area contributed by atoms with Gasteiger partial charge in [-0.25, -0.2) is 9.97 Å². The maximum absolute atomic E-state index is 5.07. The van der Waals surface area contributed by atoms with Gasteiger partial charge in [-0.15, -0.1) is 0 Å². The van der Waals surface area contributed by atoms with Crippen molar-refractivity contribution in [2.75, 3.05) is 0 Å². The molecule has 118 valence electrons. The molecule has 2 nitrogen and oxygen atoms in total. The van der Waals surface area contributed by atoms with E-state index in [9.17, 15) is 0 Å². The van der Waals surface area contributed by atoms with Crippen molar-refractivity contribution < 1.29 is 0 Å². The second-order valence-electron chi connectivity index (χ2n) is 7.40. The van der Waals surface area contributed by atoms with E-state index in [1.807, 2.05) is 6.07 Å². The molecule has 1 heterocycles. The van der Waals surface area contributed by atoms with Crippen LogP contribution < -0.4 is 0 Å². The van der Waals surface area contributed by atoms with E-state index in [1.165, 1.54) is 5.56 Å². The third-order valence-corrected chi connectivity index (χ3v) is 4.12. The fourth-order valence-corrected chi connectivity index (χ4v) is 2.91. The highest BCUT2D eigenvalue weighted by molar-refractivity contribution is 5.82. The monoisotopic (exact) mass is 304 g/mol. The van der Waals surface area contributed by atoms with E-state index in [2.05, 4.69) is 77.1 Å². The second kappa shape index (κ2) is 5.77. The van der Waals surface area contributed by atoms with E-state index in [4.69, 9.17) is 9.97 Å². The Hall–Kier alpha value is -2.22. The van der Waals surface area contributed by atoms with Gasteiger partial charge in [-0.2, -0.15) is 0 Å². The zero-order valence-electron chi connectivity index (χ0n) is 14.6. The van der Waals surface area contributed by atoms with Gasteiger partial charge in [0.2, 0.25) is 0 Å². The molecule has 0 radical (unpaired) electrons. The molecule has 23 heavy (non-hydrogen) atoms. The first-order valence-electron chi connectivity index (χ1n) is 8.24. The predicted octanol–water partition coefficient (Wildman–Crippen LogP) is 5.72. The van der Waals surface area contributed by atoms with E-state index in [0.717, 1.165) is 28.0 Å². The van der Waals surface area contributed by atoms with Gasteiger partial charge in [0, 0.05) is 5.56 Å². The Labute approximate surface area is 138 Å². The number of nitrogens with zero attached hydrogens (tertiary/aromatic N) is 2. The lowest BCUT2D eigenvalue weighted by molar-refractivity contribution is 0.594. The highest BCUT2D eigenvalue weighted by Gasteiger charge is 2.21. The summed E-state index contributed by atoms with van der Waals surface area (Å²) < 4.78 is 0. The zero-order chi connectivity index (χ0) is 16.6. The molecule has 0 unspecified atom stereocenters. The molecule has 2 heteroatoms. The molecule has 0 N–H and O–H groups in total. The highest BCUT2D eigenvalue weighted by Crippen LogP contribution is 2.33. The van der Waals surface area contributed by atoms with Gasteiger partial charge in [0.05, 0.1) is 22.4 Å². The molecule has 0 saturated heterocycles. The molecule has 0 bridgehead atoms. The Morgan fingerprint density at radius 1 is 0.826 bits per heavy atom. The fourth-order valence-electron chi connectivity index (χ4n) is 2.91. The third kappa shape index (κ3) is 2.98. The Morgan fingerprint density at radius 2 is 1.52 bits per heavy atom. The SMILES string of the molecule is CC(C)c1nc2cccc(C(C)(C)C)c2nc1-c1ccccc1. The first kappa shape index (κ1) is 15.7. The molecule has 0 saturated carbocycles. The first-order valence-corrected chi connectivity index (χ1v) is 8.24. The van der Waals surface area contributed by atoms with E-state index < -0.39 is 0 Å². The molecule has 0 aliphatic rings. The van der Waals surface area contributed by atoms with Gasteiger partial charge in [-0.05, 0) is 23.0 Å². The number of rotatable bonds is 2. The summed E-state index contributed by atoms with van der Waals surface area (Å²) in [7, 11) is 0. The lowest BCUT2D eigenvalue weighted by atomic mass is 9.86. The summed E-state index contributed by atoms with van der Waals surface area (Å²) in [6.07, 6.45) is 0. The maximum Gasteiger partial charge on any atom is 0.0931 e. The molecule has 0 aliphatic heterocycles. The summed E-state index contributed by atoms with van der Waals surface area (Å²) in [4.78, 5) is 10.0. The predicted molar refractivity (Wildman–Crippen MR) is 97.8 cm³/mol. The van der Waals surface area contributed by atoms with Crippen molar-refractivity contribution in [3.8, 4) is 11.3 Å². The summed E-state index contributed by atoms with van der Waals surface area (Å²) in [5.41, 5.74) is 6.49. The number of aromatic nitrogens is 2. The van der Waals surface area contributed by atoms with Gasteiger partial charge in [0.1, 0.15) is 0 Å². The van der Waals surface area contributed by atoms with Gasteiger partial charge in [0.15, 0.2) is 0 Å². The standard InChI is InChI=1S/C21H24N2/c1-14(2)18-19(15-10-7-6-8-11-15)23-20-16(21(3,4)5)12-9-13-17(20)22-18/h6-14H,1-5H3. The average Bonchev–Trinajstić information content (AvgIpc) is 2.52. The first-order chi connectivity index (χ1) is 10.9. The second-order valence-corrected chi connectivity index (χ2v) is 7.40. The van der Waals surface area contributed by atoms with Crippen LogP contribution in [0.4, 0.5) is 0 Å². The fraction of sp³-hybridized carbons (Fsp3) is 0.333. The van der Waals surface area contributed by atoms with Crippen LogP contribution in [-0.4, -0.2) is 9.97 Å². The van der Waals surface area contributed by atoms with E-state index in [1.54, 1.807) is 0 Å². The molecule has 0 spiro atoms. The van der Waals surface area contributed by atoms with Gasteiger partial charge in [-0.3, -0.25) is 0 Å². The minimum absolute atomic E-state index is 0.0432. The summed E-state index contributed by atoms with van der Waals surface area (Å²) in [5, 5.41) is 0. The highest BCUT2D eigenvalue weighted by atomic mass is 14.8. The zero-order valence-corrected chi connectivity index (χ0v) is 14.6. The number of hydrogen-bond donors (Lipinski definition) is 0. The van der Waals surface area contributed by atoms with Crippen molar-refractivity contribution in [3.05, 3.63) is 59.8 Å². The Balaban J connectivity index is 2.36. The number of benzene rings is 2. The Bertz CT molecular complexity index is 828. The van der Waals surface area contributed by atoms with Crippen LogP contribution in [-0.2, 0) is 5.41 Å². The van der Waals surface area contributed by atoms with Gasteiger partial charge >= 0.3 is 0 Å². The summed E-state index contributed by atoms with van der Waals surface area (Å²) >= 11 is 0. The van der Waals surface area contributed by atoms with Crippen molar-refractivity contribution >= 4 is 11.0 Å². The van der Waals surface area contributed by atoms with E-state index in [0.29, 0.717) is 5.92 Å². The molecule has 3 aromatic rings. The van der Waals surface area contributed by atoms with Crippen molar-refractivity contribution in [1.82, 2.24) is 9.97 Å². The van der Waals surface area contributed by atoms with E-state index >= 15 is 0 Å². The van der Waals surface area contributed by atoms with Crippen LogP contribution in [0.2, 0.25) is 0 Å². The van der Waals surface area contributed by atoms with Gasteiger partial charge in [0.25, 0.3) is 0 Å². The van der Waals surface area contributed by atoms with Gasteiger partial charge < -0.3 is 0 Å². The molecule has 0 fully saturated rings. The molecular formula is C21H24N2. The molecular weight excluding hydrogens is 280 g/mol. The van der Waals surface area contributed by atoms with Crippen LogP contribution >= 0.6 is 0 Å². The number of fused-ring (bicyclic) bond motifs is 1. The van der Waals surface area contributed by atoms with Crippen LogP contribution in [0.1, 0.15) is 51.8 Å². The summed E-state index contributed by atoms with van der Waals surface area (Å²) in [5.74, 6) is 0.334. The number of para-hydroxylation sites is 1. The minimum atomic E-state index is 0.0432. The summed E-state index contributed by atoms with van der Waals surface area (Å²) in [6.45, 7) is 11.0. The Morgan fingerprint density at radius 3 is 2.13 bits per heavy atom. The normalized spacial score (nSPS) is 12.1. The molecule has 0 atom stereocenters. The van der Waals surface area contributed by atoms with E-state index in [-0.39, 0.29) is 5.41 Å². The van der Waals surface area contributed by atoms with Gasteiger partial charge in [-0.1, -0.05) is 77.1 Å². The number of hydrogen-bond acceptors (Lipinski definition) is 2. The lowest BCUT2D eigenvalue weighted by Gasteiger charge is -2.22. The lowest BCUT2D eigenvalue weighted by Crippen LogP contribution is -2.13. The third-order valence-electron chi connectivity index (χ3n) is 4.12. The largest absolute Gasteiger partial charge is 0.249 e. The average molecular weight is 304 g/mol. The molecule has 1 aromatic heterocycles. The van der Waals surface area contributed by atoms with Crippen molar-refractivity contribution in [1.29, 1.82) is 0 Å². The van der Waals surface area contributed by atoms with Crippen LogP contribution in [0.5, 0.6) is 0 Å². The topological polar surface area (TPSA) is 25.8 Å². The maximum atomic E-state index is 5.07. The van der Waals surface area contributed by atoms with Crippen molar-refractivity contribution in [2.24, 2.45) is 0 Å². The molecule has 0 amide bonds. The van der Waals surface area contributed by atoms with Crippen molar-refractivity contribution in [2.45, 2.75) is 46.0 Å². The van der Waals surface area contributed by atoms with Crippen LogP contribution in [0.25, 0.3) is 22.3 Å². The molecule has 2 aromatic carbocycles. The van der Waals surface area contributed by atoms with Crippen LogP contribution in [0, 0.1) is 0 Å². The van der Waals surface area contributed by atoms with Crippen LogP contribution in [0.15, 0.2) is 48.5 Å². The van der Waals surface area contributed by atoms with Crippen LogP contribution in [0.3, 0.4) is 0 Å². The quantitative estimate of drug-likeness (QED) is 0.605. The molecule has 3 rings (SSSR count).